The number of nitrogens with zero attached hydrogens (tertiary/aromatic N) is 1. The van der Waals surface area contributed by atoms with Crippen molar-refractivity contribution in [3.05, 3.63) is 35.4 Å². The summed E-state index contributed by atoms with van der Waals surface area (Å²) in [5.74, 6) is -1.06. The average Bonchev–Trinajstić information content (AvgIpc) is 2.47. The van der Waals surface area contributed by atoms with Crippen LogP contribution in [0, 0.1) is 0 Å². The predicted octanol–water partition coefficient (Wildman–Crippen LogP) is 3.20. The van der Waals surface area contributed by atoms with Gasteiger partial charge in [0.1, 0.15) is 0 Å². The highest BCUT2D eigenvalue weighted by Gasteiger charge is 2.01. The Morgan fingerprint density at radius 1 is 1.14 bits per heavy atom. The number of benzene rings is 1. The smallest absolute Gasteiger partial charge is 0.335 e. The summed E-state index contributed by atoms with van der Waals surface area (Å²) >= 11 is 0. The number of amides is 1. The van der Waals surface area contributed by atoms with Gasteiger partial charge in [-0.05, 0) is 24.1 Å². The summed E-state index contributed by atoms with van der Waals surface area (Å²) in [5.41, 5.74) is 3.44. The van der Waals surface area contributed by atoms with Crippen LogP contribution in [0.25, 0.3) is 0 Å². The fraction of sp³-hybridized carbons (Fsp3) is 0.438. The monoisotopic (exact) mass is 290 g/mol. The standard InChI is InChI=1S/C16H22N2O3/c1-2-3-4-5-6-7-15(19)18-17-12-13-8-10-14(11-9-13)16(20)21/h8-12H,2-7H2,1H3,(H,18,19)(H,20,21). The Hall–Kier alpha value is -2.17. The molecule has 21 heavy (non-hydrogen) atoms. The molecule has 2 N–H and O–H groups in total. The molecule has 1 aromatic rings. The van der Waals surface area contributed by atoms with Crippen LogP contribution >= 0.6 is 0 Å². The number of hydrogen-bond donors (Lipinski definition) is 2. The largest absolute Gasteiger partial charge is 0.478 e. The lowest BCUT2D eigenvalue weighted by molar-refractivity contribution is -0.121. The Labute approximate surface area is 125 Å². The van der Waals surface area contributed by atoms with E-state index in [0.717, 1.165) is 18.4 Å². The molecule has 0 aliphatic rings. The van der Waals surface area contributed by atoms with E-state index in [9.17, 15) is 9.59 Å². The van der Waals surface area contributed by atoms with Crippen molar-refractivity contribution in [2.24, 2.45) is 5.10 Å². The number of unbranched alkanes of at least 4 members (excludes halogenated alkanes) is 4. The second-order valence-electron chi connectivity index (χ2n) is 4.88. The minimum atomic E-state index is -0.963. The summed E-state index contributed by atoms with van der Waals surface area (Å²) in [6, 6.07) is 6.28. The number of hydrazone groups is 1. The highest BCUT2D eigenvalue weighted by molar-refractivity contribution is 5.89. The SMILES string of the molecule is CCCCCCCC(=O)NN=Cc1ccc(C(=O)O)cc1. The van der Waals surface area contributed by atoms with E-state index in [1.54, 1.807) is 12.1 Å². The van der Waals surface area contributed by atoms with Crippen LogP contribution in [0.2, 0.25) is 0 Å². The van der Waals surface area contributed by atoms with Gasteiger partial charge in [-0.3, -0.25) is 4.79 Å². The van der Waals surface area contributed by atoms with E-state index in [1.165, 1.54) is 37.6 Å². The first kappa shape index (κ1) is 16.9. The Bertz CT molecular complexity index is 481. The summed E-state index contributed by atoms with van der Waals surface area (Å²) in [6.45, 7) is 2.16. The van der Waals surface area contributed by atoms with Crippen LogP contribution < -0.4 is 5.43 Å². The van der Waals surface area contributed by atoms with Crippen LogP contribution in [0.15, 0.2) is 29.4 Å². The number of carbonyl (C=O) groups is 2. The lowest BCUT2D eigenvalue weighted by atomic mass is 10.1. The first-order valence-electron chi connectivity index (χ1n) is 7.28. The van der Waals surface area contributed by atoms with Gasteiger partial charge in [-0.2, -0.15) is 5.10 Å². The van der Waals surface area contributed by atoms with Gasteiger partial charge in [0.05, 0.1) is 11.8 Å². The number of carbonyl (C=O) groups excluding carboxylic acids is 1. The minimum absolute atomic E-state index is 0.0927. The molecule has 0 aliphatic heterocycles. The van der Waals surface area contributed by atoms with Crippen LogP contribution in [0.4, 0.5) is 0 Å². The average molecular weight is 290 g/mol. The first-order chi connectivity index (χ1) is 10.1. The zero-order valence-electron chi connectivity index (χ0n) is 12.3. The van der Waals surface area contributed by atoms with Crippen molar-refractivity contribution < 1.29 is 14.7 Å². The van der Waals surface area contributed by atoms with Crippen molar-refractivity contribution in [2.45, 2.75) is 45.4 Å². The molecule has 0 saturated heterocycles. The number of nitrogens with one attached hydrogen (secondary N) is 1. The van der Waals surface area contributed by atoms with Gasteiger partial charge in [0.25, 0.3) is 0 Å². The molecule has 0 radical (unpaired) electrons. The van der Waals surface area contributed by atoms with Gasteiger partial charge in [0, 0.05) is 6.42 Å². The molecule has 1 rings (SSSR count). The minimum Gasteiger partial charge on any atom is -0.478 e. The molecule has 114 valence electrons. The zero-order chi connectivity index (χ0) is 15.5. The van der Waals surface area contributed by atoms with Crippen LogP contribution in [-0.4, -0.2) is 23.2 Å². The van der Waals surface area contributed by atoms with Crippen molar-refractivity contribution in [3.8, 4) is 0 Å². The molecular weight excluding hydrogens is 268 g/mol. The Morgan fingerprint density at radius 3 is 2.43 bits per heavy atom. The third-order valence-corrected chi connectivity index (χ3v) is 3.07. The molecule has 0 saturated carbocycles. The normalized spacial score (nSPS) is 10.7. The van der Waals surface area contributed by atoms with Crippen molar-refractivity contribution in [3.63, 3.8) is 0 Å². The summed E-state index contributed by atoms with van der Waals surface area (Å²) in [5, 5.41) is 12.6. The van der Waals surface area contributed by atoms with E-state index >= 15 is 0 Å². The van der Waals surface area contributed by atoms with E-state index in [1.807, 2.05) is 0 Å². The predicted molar refractivity (Wildman–Crippen MR) is 82.5 cm³/mol. The molecule has 0 heterocycles. The topological polar surface area (TPSA) is 78.8 Å². The van der Waals surface area contributed by atoms with Crippen LogP contribution in [0.5, 0.6) is 0 Å². The summed E-state index contributed by atoms with van der Waals surface area (Å²) in [7, 11) is 0. The molecular formula is C16H22N2O3. The molecule has 0 spiro atoms. The maximum absolute atomic E-state index is 11.5. The molecule has 0 aliphatic carbocycles. The Kier molecular flexibility index (Phi) is 7.79. The number of aromatic carboxylic acids is 1. The first-order valence-corrected chi connectivity index (χ1v) is 7.28. The molecule has 5 heteroatoms. The van der Waals surface area contributed by atoms with Gasteiger partial charge < -0.3 is 5.11 Å². The van der Waals surface area contributed by atoms with Gasteiger partial charge in [-0.1, -0.05) is 44.7 Å². The lowest BCUT2D eigenvalue weighted by Gasteiger charge is -2.00. The quantitative estimate of drug-likeness (QED) is 0.416. The van der Waals surface area contributed by atoms with Crippen LogP contribution in [0.3, 0.4) is 0 Å². The Morgan fingerprint density at radius 2 is 1.81 bits per heavy atom. The molecule has 0 atom stereocenters. The summed E-state index contributed by atoms with van der Waals surface area (Å²) in [4.78, 5) is 22.2. The summed E-state index contributed by atoms with van der Waals surface area (Å²) < 4.78 is 0. The number of hydrogen-bond acceptors (Lipinski definition) is 3. The second-order valence-corrected chi connectivity index (χ2v) is 4.88. The van der Waals surface area contributed by atoms with Gasteiger partial charge >= 0.3 is 5.97 Å². The van der Waals surface area contributed by atoms with Gasteiger partial charge in [0.15, 0.2) is 0 Å². The third kappa shape index (κ3) is 7.25. The highest BCUT2D eigenvalue weighted by Crippen LogP contribution is 2.05. The van der Waals surface area contributed by atoms with E-state index < -0.39 is 5.97 Å². The van der Waals surface area contributed by atoms with Gasteiger partial charge in [-0.15, -0.1) is 0 Å². The maximum Gasteiger partial charge on any atom is 0.335 e. The third-order valence-electron chi connectivity index (χ3n) is 3.07. The molecule has 0 fully saturated rings. The molecule has 1 aromatic carbocycles. The fourth-order valence-electron chi connectivity index (χ4n) is 1.84. The van der Waals surface area contributed by atoms with Gasteiger partial charge in [-0.25, -0.2) is 10.2 Å². The number of carboxylic acids is 1. The van der Waals surface area contributed by atoms with E-state index in [4.69, 9.17) is 5.11 Å². The lowest BCUT2D eigenvalue weighted by Crippen LogP contribution is -2.16. The molecule has 0 unspecified atom stereocenters. The van der Waals surface area contributed by atoms with Crippen molar-refractivity contribution >= 4 is 18.1 Å². The number of carboxylic acid groups (broad SMARTS) is 1. The Balaban J connectivity index is 2.27. The van der Waals surface area contributed by atoms with Crippen LogP contribution in [-0.2, 0) is 4.79 Å². The van der Waals surface area contributed by atoms with Crippen molar-refractivity contribution in [2.75, 3.05) is 0 Å². The van der Waals surface area contributed by atoms with Crippen molar-refractivity contribution in [1.82, 2.24) is 5.43 Å². The van der Waals surface area contributed by atoms with E-state index in [-0.39, 0.29) is 11.5 Å². The molecule has 0 aromatic heterocycles. The molecule has 1 amide bonds. The number of rotatable bonds is 9. The zero-order valence-corrected chi connectivity index (χ0v) is 12.3. The van der Waals surface area contributed by atoms with E-state index in [0.29, 0.717) is 6.42 Å². The fourth-order valence-corrected chi connectivity index (χ4v) is 1.84. The van der Waals surface area contributed by atoms with E-state index in [2.05, 4.69) is 17.5 Å². The molecule has 5 nitrogen and oxygen atoms in total. The molecule has 0 bridgehead atoms. The highest BCUT2D eigenvalue weighted by atomic mass is 16.4. The van der Waals surface area contributed by atoms with Gasteiger partial charge in [0.2, 0.25) is 5.91 Å². The summed E-state index contributed by atoms with van der Waals surface area (Å²) in [6.07, 6.45) is 7.52. The second kappa shape index (κ2) is 9.69. The van der Waals surface area contributed by atoms with Crippen molar-refractivity contribution in [1.29, 1.82) is 0 Å². The maximum atomic E-state index is 11.5. The van der Waals surface area contributed by atoms with Crippen LogP contribution in [0.1, 0.15) is 61.4 Å².